The van der Waals surface area contributed by atoms with Gasteiger partial charge in [0, 0.05) is 19.3 Å². The number of hydrogen-bond acceptors (Lipinski definition) is 4. The number of pyridine rings is 1. The molecule has 0 radical (unpaired) electrons. The Balaban J connectivity index is 1.99. The quantitative estimate of drug-likeness (QED) is 0.797. The highest BCUT2D eigenvalue weighted by atomic mass is 15.2. The Bertz CT molecular complexity index is 384. The molecule has 1 atom stereocenters. The van der Waals surface area contributed by atoms with Crippen molar-refractivity contribution in [2.45, 2.75) is 24.9 Å². The smallest absolute Gasteiger partial charge is 0.117 e. The van der Waals surface area contributed by atoms with Crippen molar-refractivity contribution in [3.05, 3.63) is 30.1 Å². The van der Waals surface area contributed by atoms with E-state index in [4.69, 9.17) is 11.0 Å². The van der Waals surface area contributed by atoms with Gasteiger partial charge in [0.15, 0.2) is 0 Å². The van der Waals surface area contributed by atoms with Crippen LogP contribution in [0.5, 0.6) is 0 Å². The minimum absolute atomic E-state index is 0.639. The summed E-state index contributed by atoms with van der Waals surface area (Å²) in [6.45, 7) is 2.42. The fourth-order valence-corrected chi connectivity index (χ4v) is 2.12. The first kappa shape index (κ1) is 11.1. The van der Waals surface area contributed by atoms with Crippen LogP contribution in [0.1, 0.15) is 18.5 Å². The molecule has 4 nitrogen and oxygen atoms in total. The average Bonchev–Trinajstić information content (AvgIpc) is 2.30. The van der Waals surface area contributed by atoms with Gasteiger partial charge in [0.1, 0.15) is 5.54 Å². The molecular weight excluding hydrogens is 200 g/mol. The molecule has 1 aliphatic heterocycles. The highest BCUT2D eigenvalue weighted by Crippen LogP contribution is 2.19. The number of hydrogen-bond donors (Lipinski definition) is 1. The third-order valence-corrected chi connectivity index (χ3v) is 2.94. The van der Waals surface area contributed by atoms with Gasteiger partial charge in [-0.25, -0.2) is 0 Å². The monoisotopic (exact) mass is 216 g/mol. The van der Waals surface area contributed by atoms with E-state index in [1.807, 2.05) is 18.2 Å². The van der Waals surface area contributed by atoms with Crippen LogP contribution in [0.4, 0.5) is 0 Å². The molecule has 2 heterocycles. The molecule has 1 aliphatic rings. The first-order valence-electron chi connectivity index (χ1n) is 5.54. The Labute approximate surface area is 95.7 Å². The van der Waals surface area contributed by atoms with Gasteiger partial charge in [-0.05, 0) is 31.5 Å². The third kappa shape index (κ3) is 2.57. The summed E-state index contributed by atoms with van der Waals surface area (Å²) in [6, 6.07) is 8.09. The van der Waals surface area contributed by atoms with E-state index in [1.165, 1.54) is 0 Å². The maximum atomic E-state index is 9.02. The molecule has 0 aromatic carbocycles. The topological polar surface area (TPSA) is 65.9 Å². The number of piperidine rings is 1. The van der Waals surface area contributed by atoms with Crippen molar-refractivity contribution in [3.8, 4) is 6.07 Å². The van der Waals surface area contributed by atoms with E-state index in [1.54, 1.807) is 6.20 Å². The molecule has 0 bridgehead atoms. The van der Waals surface area contributed by atoms with Crippen molar-refractivity contribution in [1.82, 2.24) is 9.88 Å². The second-order valence-corrected chi connectivity index (χ2v) is 4.40. The predicted octanol–water partition coefficient (Wildman–Crippen LogP) is 0.898. The second kappa shape index (κ2) is 4.60. The van der Waals surface area contributed by atoms with Crippen LogP contribution in [-0.2, 0) is 6.54 Å². The summed E-state index contributed by atoms with van der Waals surface area (Å²) >= 11 is 0. The van der Waals surface area contributed by atoms with Gasteiger partial charge in [-0.15, -0.1) is 0 Å². The summed E-state index contributed by atoms with van der Waals surface area (Å²) in [4.78, 5) is 6.48. The summed E-state index contributed by atoms with van der Waals surface area (Å²) in [5.74, 6) is 0. The molecule has 0 amide bonds. The SMILES string of the molecule is N#CC1(N)CCCN(Cc2ccccn2)C1. The fraction of sp³-hybridized carbons (Fsp3) is 0.500. The van der Waals surface area contributed by atoms with Crippen molar-refractivity contribution in [3.63, 3.8) is 0 Å². The standard InChI is InChI=1S/C12H16N4/c13-9-12(14)5-3-7-16(10-12)8-11-4-1-2-6-15-11/h1-2,4,6H,3,5,7-8,10,14H2. The molecule has 2 N–H and O–H groups in total. The van der Waals surface area contributed by atoms with E-state index in [0.29, 0.717) is 6.54 Å². The Hall–Kier alpha value is -1.44. The predicted molar refractivity (Wildman–Crippen MR) is 61.3 cm³/mol. The van der Waals surface area contributed by atoms with Crippen LogP contribution in [0.15, 0.2) is 24.4 Å². The van der Waals surface area contributed by atoms with Crippen LogP contribution < -0.4 is 5.73 Å². The van der Waals surface area contributed by atoms with Crippen LogP contribution in [-0.4, -0.2) is 28.5 Å². The van der Waals surface area contributed by atoms with Crippen molar-refractivity contribution < 1.29 is 0 Å². The van der Waals surface area contributed by atoms with E-state index in [9.17, 15) is 0 Å². The largest absolute Gasteiger partial charge is 0.312 e. The molecular formula is C12H16N4. The highest BCUT2D eigenvalue weighted by Gasteiger charge is 2.31. The summed E-state index contributed by atoms with van der Waals surface area (Å²) in [7, 11) is 0. The van der Waals surface area contributed by atoms with Crippen molar-refractivity contribution in [1.29, 1.82) is 5.26 Å². The number of aromatic nitrogens is 1. The van der Waals surface area contributed by atoms with Gasteiger partial charge in [-0.1, -0.05) is 6.07 Å². The van der Waals surface area contributed by atoms with Gasteiger partial charge in [0.05, 0.1) is 11.8 Å². The van der Waals surface area contributed by atoms with Gasteiger partial charge in [0.2, 0.25) is 0 Å². The first-order valence-corrected chi connectivity index (χ1v) is 5.54. The lowest BCUT2D eigenvalue weighted by Gasteiger charge is -2.35. The Morgan fingerprint density at radius 3 is 3.12 bits per heavy atom. The zero-order valence-electron chi connectivity index (χ0n) is 9.26. The zero-order valence-corrected chi connectivity index (χ0v) is 9.26. The minimum atomic E-state index is -0.674. The molecule has 0 spiro atoms. The van der Waals surface area contributed by atoms with Gasteiger partial charge in [-0.3, -0.25) is 9.88 Å². The minimum Gasteiger partial charge on any atom is -0.312 e. The average molecular weight is 216 g/mol. The molecule has 0 saturated carbocycles. The lowest BCUT2D eigenvalue weighted by atomic mass is 9.92. The molecule has 16 heavy (non-hydrogen) atoms. The zero-order chi connectivity index (χ0) is 11.4. The normalized spacial score (nSPS) is 26.2. The van der Waals surface area contributed by atoms with Crippen LogP contribution in [0.3, 0.4) is 0 Å². The molecule has 1 aromatic rings. The van der Waals surface area contributed by atoms with Crippen molar-refractivity contribution in [2.24, 2.45) is 5.73 Å². The van der Waals surface area contributed by atoms with Crippen LogP contribution in [0.25, 0.3) is 0 Å². The van der Waals surface area contributed by atoms with Crippen LogP contribution in [0.2, 0.25) is 0 Å². The van der Waals surface area contributed by atoms with E-state index in [2.05, 4.69) is 16.0 Å². The number of likely N-dealkylation sites (tertiary alicyclic amines) is 1. The molecule has 84 valence electrons. The molecule has 1 aromatic heterocycles. The highest BCUT2D eigenvalue weighted by molar-refractivity contribution is 5.10. The second-order valence-electron chi connectivity index (χ2n) is 4.40. The van der Waals surface area contributed by atoms with E-state index in [0.717, 1.165) is 31.6 Å². The molecule has 1 fully saturated rings. The van der Waals surface area contributed by atoms with Gasteiger partial charge in [0.25, 0.3) is 0 Å². The molecule has 1 saturated heterocycles. The Morgan fingerprint density at radius 1 is 1.56 bits per heavy atom. The maximum absolute atomic E-state index is 9.02. The van der Waals surface area contributed by atoms with E-state index < -0.39 is 5.54 Å². The van der Waals surface area contributed by atoms with Crippen molar-refractivity contribution >= 4 is 0 Å². The Kier molecular flexibility index (Phi) is 3.18. The molecule has 1 unspecified atom stereocenters. The first-order chi connectivity index (χ1) is 7.72. The molecule has 0 aliphatic carbocycles. The van der Waals surface area contributed by atoms with E-state index in [-0.39, 0.29) is 0 Å². The summed E-state index contributed by atoms with van der Waals surface area (Å²) in [5, 5.41) is 9.02. The van der Waals surface area contributed by atoms with E-state index >= 15 is 0 Å². The number of nitriles is 1. The van der Waals surface area contributed by atoms with Gasteiger partial charge in [-0.2, -0.15) is 5.26 Å². The number of nitrogens with zero attached hydrogens (tertiary/aromatic N) is 3. The molecule has 4 heteroatoms. The lowest BCUT2D eigenvalue weighted by molar-refractivity contribution is 0.170. The van der Waals surface area contributed by atoms with Crippen molar-refractivity contribution in [2.75, 3.05) is 13.1 Å². The fourth-order valence-electron chi connectivity index (χ4n) is 2.12. The van der Waals surface area contributed by atoms with Gasteiger partial charge >= 0.3 is 0 Å². The lowest BCUT2D eigenvalue weighted by Crippen LogP contribution is -2.52. The van der Waals surface area contributed by atoms with Crippen LogP contribution >= 0.6 is 0 Å². The third-order valence-electron chi connectivity index (χ3n) is 2.94. The van der Waals surface area contributed by atoms with Gasteiger partial charge < -0.3 is 5.73 Å². The summed E-state index contributed by atoms with van der Waals surface area (Å²) in [6.07, 6.45) is 3.57. The maximum Gasteiger partial charge on any atom is 0.117 e. The number of rotatable bonds is 2. The summed E-state index contributed by atoms with van der Waals surface area (Å²) < 4.78 is 0. The summed E-state index contributed by atoms with van der Waals surface area (Å²) in [5.41, 5.74) is 6.34. The Morgan fingerprint density at radius 2 is 2.44 bits per heavy atom. The number of nitrogens with two attached hydrogens (primary N) is 1. The van der Waals surface area contributed by atoms with Crippen LogP contribution in [0, 0.1) is 11.3 Å². The molecule has 2 rings (SSSR count).